The highest BCUT2D eigenvalue weighted by atomic mass is 16.5. The number of ether oxygens (including phenoxy) is 1. The average Bonchev–Trinajstić information content (AvgIpc) is 2.32. The molecule has 0 aliphatic carbocycles. The van der Waals surface area contributed by atoms with E-state index in [2.05, 4.69) is 23.6 Å². The summed E-state index contributed by atoms with van der Waals surface area (Å²) in [5.74, 6) is 0. The summed E-state index contributed by atoms with van der Waals surface area (Å²) in [6.07, 6.45) is 1.88. The van der Waals surface area contributed by atoms with E-state index in [1.165, 1.54) is 0 Å². The predicted molar refractivity (Wildman–Crippen MR) is 68.2 cm³/mol. The molecule has 2 rings (SSSR count). The van der Waals surface area contributed by atoms with Gasteiger partial charge in [-0.1, -0.05) is 0 Å². The second-order valence-corrected chi connectivity index (χ2v) is 5.75. The topological polar surface area (TPSA) is 35.9 Å². The molecule has 0 aromatic rings. The van der Waals surface area contributed by atoms with Crippen LogP contribution in [0.25, 0.3) is 0 Å². The normalized spacial score (nSPS) is 31.6. The van der Waals surface area contributed by atoms with Crippen LogP contribution < -0.4 is 0 Å². The van der Waals surface area contributed by atoms with Gasteiger partial charge in [-0.3, -0.25) is 9.80 Å². The molecule has 0 bridgehead atoms. The lowest BCUT2D eigenvalue weighted by Crippen LogP contribution is -2.57. The van der Waals surface area contributed by atoms with Crippen molar-refractivity contribution in [2.45, 2.75) is 38.3 Å². The Morgan fingerprint density at radius 3 is 2.59 bits per heavy atom. The molecule has 0 saturated carbocycles. The first kappa shape index (κ1) is 13.3. The van der Waals surface area contributed by atoms with Crippen molar-refractivity contribution in [1.29, 1.82) is 0 Å². The first-order valence-electron chi connectivity index (χ1n) is 6.84. The minimum Gasteiger partial charge on any atom is -0.391 e. The third-order valence-electron chi connectivity index (χ3n) is 4.33. The molecule has 2 aliphatic rings. The van der Waals surface area contributed by atoms with E-state index in [0.717, 1.165) is 58.8 Å². The maximum Gasteiger partial charge on any atom is 0.0718 e. The Kier molecular flexibility index (Phi) is 4.42. The number of aliphatic hydroxyl groups excluding tert-OH is 1. The van der Waals surface area contributed by atoms with E-state index in [0.29, 0.717) is 0 Å². The van der Waals surface area contributed by atoms with Gasteiger partial charge < -0.3 is 9.84 Å². The maximum absolute atomic E-state index is 10.1. The third kappa shape index (κ3) is 3.19. The van der Waals surface area contributed by atoms with Gasteiger partial charge in [0.2, 0.25) is 0 Å². The van der Waals surface area contributed by atoms with Gasteiger partial charge in [-0.25, -0.2) is 0 Å². The number of aliphatic hydroxyl groups is 1. The van der Waals surface area contributed by atoms with E-state index >= 15 is 0 Å². The number of rotatable bonds is 3. The lowest BCUT2D eigenvalue weighted by atomic mass is 9.87. The third-order valence-corrected chi connectivity index (χ3v) is 4.33. The zero-order valence-corrected chi connectivity index (χ0v) is 11.2. The summed E-state index contributed by atoms with van der Waals surface area (Å²) in [5, 5.41) is 10.1. The van der Waals surface area contributed by atoms with Crippen LogP contribution in [0.4, 0.5) is 0 Å². The minimum absolute atomic E-state index is 0.0649. The van der Waals surface area contributed by atoms with E-state index < -0.39 is 0 Å². The fourth-order valence-electron chi connectivity index (χ4n) is 2.81. The summed E-state index contributed by atoms with van der Waals surface area (Å²) in [7, 11) is 0. The Bertz CT molecular complexity index is 240. The van der Waals surface area contributed by atoms with Crippen LogP contribution in [0.2, 0.25) is 0 Å². The Labute approximate surface area is 105 Å². The van der Waals surface area contributed by atoms with Crippen molar-refractivity contribution in [2.24, 2.45) is 0 Å². The van der Waals surface area contributed by atoms with Crippen LogP contribution in [0.3, 0.4) is 0 Å². The highest BCUT2D eigenvalue weighted by molar-refractivity contribution is 4.92. The van der Waals surface area contributed by atoms with Crippen LogP contribution in [0.1, 0.15) is 26.7 Å². The monoisotopic (exact) mass is 242 g/mol. The van der Waals surface area contributed by atoms with Crippen LogP contribution in [0, 0.1) is 0 Å². The number of piperidine rings is 1. The molecule has 1 unspecified atom stereocenters. The molecule has 2 fully saturated rings. The van der Waals surface area contributed by atoms with Gasteiger partial charge in [-0.15, -0.1) is 0 Å². The molecule has 4 heteroatoms. The van der Waals surface area contributed by atoms with Gasteiger partial charge in [0.1, 0.15) is 0 Å². The fraction of sp³-hybridized carbons (Fsp3) is 1.00. The molecule has 0 spiro atoms. The Hall–Kier alpha value is -0.160. The molecule has 2 aliphatic heterocycles. The number of likely N-dealkylation sites (tertiary alicyclic amines) is 1. The van der Waals surface area contributed by atoms with Gasteiger partial charge in [0, 0.05) is 31.7 Å². The molecular weight excluding hydrogens is 216 g/mol. The molecule has 4 nitrogen and oxygen atoms in total. The van der Waals surface area contributed by atoms with Crippen molar-refractivity contribution in [3.63, 3.8) is 0 Å². The lowest BCUT2D eigenvalue weighted by molar-refractivity contribution is -0.0504. The van der Waals surface area contributed by atoms with Crippen molar-refractivity contribution in [1.82, 2.24) is 9.80 Å². The summed E-state index contributed by atoms with van der Waals surface area (Å²) in [4.78, 5) is 4.90. The summed E-state index contributed by atoms with van der Waals surface area (Å²) >= 11 is 0. The molecule has 2 saturated heterocycles. The van der Waals surface area contributed by atoms with Crippen LogP contribution >= 0.6 is 0 Å². The van der Waals surface area contributed by atoms with Crippen LogP contribution in [-0.4, -0.2) is 72.5 Å². The zero-order valence-electron chi connectivity index (χ0n) is 11.2. The number of hydrogen-bond donors (Lipinski definition) is 1. The molecule has 100 valence electrons. The van der Waals surface area contributed by atoms with Crippen LogP contribution in [0.5, 0.6) is 0 Å². The van der Waals surface area contributed by atoms with Gasteiger partial charge in [0.05, 0.1) is 19.3 Å². The molecule has 1 atom stereocenters. The first-order valence-corrected chi connectivity index (χ1v) is 6.84. The number of morpholine rings is 1. The van der Waals surface area contributed by atoms with Gasteiger partial charge in [-0.05, 0) is 33.2 Å². The van der Waals surface area contributed by atoms with E-state index in [-0.39, 0.29) is 11.6 Å². The summed E-state index contributed by atoms with van der Waals surface area (Å²) < 4.78 is 5.35. The van der Waals surface area contributed by atoms with Crippen molar-refractivity contribution in [2.75, 3.05) is 45.9 Å². The van der Waals surface area contributed by atoms with E-state index in [4.69, 9.17) is 4.74 Å². The largest absolute Gasteiger partial charge is 0.391 e. The Morgan fingerprint density at radius 1 is 1.18 bits per heavy atom. The van der Waals surface area contributed by atoms with E-state index in [9.17, 15) is 5.11 Å². The quantitative estimate of drug-likeness (QED) is 0.784. The van der Waals surface area contributed by atoms with Gasteiger partial charge in [0.15, 0.2) is 0 Å². The number of nitrogens with zero attached hydrogens (tertiary/aromatic N) is 2. The van der Waals surface area contributed by atoms with Crippen molar-refractivity contribution in [3.05, 3.63) is 0 Å². The van der Waals surface area contributed by atoms with E-state index in [1.807, 2.05) is 0 Å². The summed E-state index contributed by atoms with van der Waals surface area (Å²) in [5.41, 5.74) is -0.0649. The highest BCUT2D eigenvalue weighted by Crippen LogP contribution is 2.27. The lowest BCUT2D eigenvalue weighted by Gasteiger charge is -2.46. The summed E-state index contributed by atoms with van der Waals surface area (Å²) in [6, 6.07) is 0. The molecule has 0 aromatic carbocycles. The molecular formula is C13H26N2O2. The van der Waals surface area contributed by atoms with Crippen LogP contribution in [-0.2, 0) is 4.74 Å². The number of hydrogen-bond acceptors (Lipinski definition) is 4. The molecule has 0 aromatic heterocycles. The second-order valence-electron chi connectivity index (χ2n) is 5.75. The Morgan fingerprint density at radius 2 is 1.88 bits per heavy atom. The maximum atomic E-state index is 10.1. The van der Waals surface area contributed by atoms with Gasteiger partial charge in [-0.2, -0.15) is 0 Å². The summed E-state index contributed by atoms with van der Waals surface area (Å²) in [6.45, 7) is 11.4. The van der Waals surface area contributed by atoms with Gasteiger partial charge in [0.25, 0.3) is 0 Å². The second kappa shape index (κ2) is 5.65. The van der Waals surface area contributed by atoms with Crippen LogP contribution in [0.15, 0.2) is 0 Å². The van der Waals surface area contributed by atoms with Crippen molar-refractivity contribution >= 4 is 0 Å². The van der Waals surface area contributed by atoms with Crippen molar-refractivity contribution < 1.29 is 9.84 Å². The fourth-order valence-corrected chi connectivity index (χ4v) is 2.81. The minimum atomic E-state index is -0.180. The Balaban J connectivity index is 1.80. The smallest absolute Gasteiger partial charge is 0.0718 e. The average molecular weight is 242 g/mol. The molecule has 2 heterocycles. The zero-order chi connectivity index (χ0) is 12.3. The standard InChI is InChI=1S/C13H26N2O2/c1-13(2)12(16)4-3-5-15(13)7-6-14-8-10-17-11-9-14/h12,16H,3-11H2,1-2H3. The molecule has 1 N–H and O–H groups in total. The van der Waals surface area contributed by atoms with Crippen molar-refractivity contribution in [3.8, 4) is 0 Å². The SMILES string of the molecule is CC1(C)C(O)CCCN1CCN1CCOCC1. The molecule has 17 heavy (non-hydrogen) atoms. The molecule has 0 amide bonds. The van der Waals surface area contributed by atoms with Gasteiger partial charge >= 0.3 is 0 Å². The predicted octanol–water partition coefficient (Wildman–Crippen LogP) is 0.554. The highest BCUT2D eigenvalue weighted by Gasteiger charge is 2.37. The van der Waals surface area contributed by atoms with E-state index in [1.54, 1.807) is 0 Å². The first-order chi connectivity index (χ1) is 8.10. The molecule has 0 radical (unpaired) electrons.